The third-order valence-electron chi connectivity index (χ3n) is 6.13. The molecule has 1 atom stereocenters. The van der Waals surface area contributed by atoms with Crippen LogP contribution in [0.5, 0.6) is 5.75 Å². The second-order valence-corrected chi connectivity index (χ2v) is 8.75. The Morgan fingerprint density at radius 3 is 2.50 bits per heavy atom. The summed E-state index contributed by atoms with van der Waals surface area (Å²) in [7, 11) is 5.38. The number of amides is 2. The summed E-state index contributed by atoms with van der Waals surface area (Å²) >= 11 is 0. The highest BCUT2D eigenvalue weighted by Crippen LogP contribution is 2.41. The molecule has 1 aliphatic heterocycles. The fourth-order valence-electron chi connectivity index (χ4n) is 4.78. The summed E-state index contributed by atoms with van der Waals surface area (Å²) in [5.41, 5.74) is 3.56. The van der Waals surface area contributed by atoms with Crippen molar-refractivity contribution in [1.29, 1.82) is 0 Å². The number of benzene rings is 2. The number of fused-ring (bicyclic) bond motifs is 2. The van der Waals surface area contributed by atoms with Crippen LogP contribution in [0.25, 0.3) is 33.0 Å². The predicted octanol–water partition coefficient (Wildman–Crippen LogP) is 2.62. The number of aromatic amines is 1. The average Bonchev–Trinajstić information content (AvgIpc) is 3.46. The molecule has 0 fully saturated rings. The van der Waals surface area contributed by atoms with E-state index < -0.39 is 17.9 Å². The lowest BCUT2D eigenvalue weighted by Crippen LogP contribution is -2.29. The van der Waals surface area contributed by atoms with Crippen LogP contribution in [-0.2, 0) is 16.1 Å². The molecule has 0 saturated heterocycles. The maximum absolute atomic E-state index is 13.1. The van der Waals surface area contributed by atoms with Crippen LogP contribution < -0.4 is 10.1 Å². The molecule has 5 rings (SSSR count). The SMILES string of the molecule is COc1cccc2c1c(C1=C(c3c[nH]c4ccccc34)C(=O)NC1=O)cn2CC(O)CN(C)C. The summed E-state index contributed by atoms with van der Waals surface area (Å²) in [4.78, 5) is 31.3. The highest BCUT2D eigenvalue weighted by molar-refractivity contribution is 6.51. The van der Waals surface area contributed by atoms with Crippen LogP contribution in [-0.4, -0.2) is 65.2 Å². The molecular weight excluding hydrogens is 432 g/mol. The summed E-state index contributed by atoms with van der Waals surface area (Å²) in [6.07, 6.45) is 2.97. The summed E-state index contributed by atoms with van der Waals surface area (Å²) in [5, 5.41) is 14.7. The van der Waals surface area contributed by atoms with Gasteiger partial charge in [-0.3, -0.25) is 14.9 Å². The zero-order chi connectivity index (χ0) is 24.0. The normalized spacial score (nSPS) is 15.1. The van der Waals surface area contributed by atoms with Crippen LogP contribution in [0.3, 0.4) is 0 Å². The van der Waals surface area contributed by atoms with Crippen molar-refractivity contribution in [2.75, 3.05) is 27.7 Å². The van der Waals surface area contributed by atoms with Gasteiger partial charge in [0.05, 0.1) is 29.9 Å². The Kier molecular flexibility index (Phi) is 5.47. The van der Waals surface area contributed by atoms with E-state index in [-0.39, 0.29) is 0 Å². The molecule has 8 heteroatoms. The van der Waals surface area contributed by atoms with Crippen LogP contribution in [0, 0.1) is 0 Å². The molecule has 3 N–H and O–H groups in total. The van der Waals surface area contributed by atoms with E-state index in [1.807, 2.05) is 72.2 Å². The first-order valence-electron chi connectivity index (χ1n) is 11.0. The van der Waals surface area contributed by atoms with Gasteiger partial charge in [0.2, 0.25) is 0 Å². The number of carbonyl (C=O) groups excluding carboxylic acids is 2. The molecular formula is C26H26N4O4. The number of aliphatic hydroxyl groups excluding tert-OH is 1. The minimum atomic E-state index is -0.620. The van der Waals surface area contributed by atoms with E-state index in [9.17, 15) is 14.7 Å². The van der Waals surface area contributed by atoms with Crippen molar-refractivity contribution >= 4 is 44.8 Å². The largest absolute Gasteiger partial charge is 0.496 e. The van der Waals surface area contributed by atoms with E-state index in [1.54, 1.807) is 13.3 Å². The fourth-order valence-corrected chi connectivity index (χ4v) is 4.78. The number of carbonyl (C=O) groups is 2. The van der Waals surface area contributed by atoms with Gasteiger partial charge < -0.3 is 24.3 Å². The van der Waals surface area contributed by atoms with E-state index in [4.69, 9.17) is 4.74 Å². The summed E-state index contributed by atoms with van der Waals surface area (Å²) in [6.45, 7) is 0.814. The molecule has 0 saturated carbocycles. The van der Waals surface area contributed by atoms with Crippen molar-refractivity contribution in [3.8, 4) is 5.75 Å². The van der Waals surface area contributed by atoms with Gasteiger partial charge in [0.15, 0.2) is 0 Å². The number of nitrogens with zero attached hydrogens (tertiary/aromatic N) is 2. The number of H-pyrrole nitrogens is 1. The van der Waals surface area contributed by atoms with Crippen LogP contribution in [0.2, 0.25) is 0 Å². The molecule has 0 bridgehead atoms. The molecule has 1 aliphatic rings. The van der Waals surface area contributed by atoms with Crippen LogP contribution in [0.4, 0.5) is 0 Å². The number of hydrogen-bond acceptors (Lipinski definition) is 5. The van der Waals surface area contributed by atoms with Crippen molar-refractivity contribution in [3.63, 3.8) is 0 Å². The van der Waals surface area contributed by atoms with Gasteiger partial charge in [0, 0.05) is 52.9 Å². The number of imide groups is 1. The van der Waals surface area contributed by atoms with Crippen LogP contribution in [0.15, 0.2) is 54.9 Å². The van der Waals surface area contributed by atoms with E-state index in [0.717, 1.165) is 21.8 Å². The number of likely N-dealkylation sites (N-methyl/N-ethyl adjacent to an activating group) is 1. The lowest BCUT2D eigenvalue weighted by Gasteiger charge is -2.17. The van der Waals surface area contributed by atoms with Gasteiger partial charge >= 0.3 is 0 Å². The molecule has 8 nitrogen and oxygen atoms in total. The number of rotatable bonds is 7. The highest BCUT2D eigenvalue weighted by atomic mass is 16.5. The fraction of sp³-hybridized carbons (Fsp3) is 0.231. The van der Waals surface area contributed by atoms with Gasteiger partial charge in [0.1, 0.15) is 5.75 Å². The topological polar surface area (TPSA) is 99.6 Å². The minimum absolute atomic E-state index is 0.296. The third kappa shape index (κ3) is 3.57. The number of aromatic nitrogens is 2. The number of ether oxygens (including phenoxy) is 1. The van der Waals surface area contributed by atoms with E-state index >= 15 is 0 Å². The monoisotopic (exact) mass is 458 g/mol. The minimum Gasteiger partial charge on any atom is -0.496 e. The maximum Gasteiger partial charge on any atom is 0.259 e. The number of methoxy groups -OCH3 is 1. The number of aliphatic hydroxyl groups is 1. The smallest absolute Gasteiger partial charge is 0.259 e. The van der Waals surface area contributed by atoms with Gasteiger partial charge in [-0.2, -0.15) is 0 Å². The van der Waals surface area contributed by atoms with Gasteiger partial charge in [-0.1, -0.05) is 24.3 Å². The molecule has 2 amide bonds. The second kappa shape index (κ2) is 8.48. The van der Waals surface area contributed by atoms with E-state index in [1.165, 1.54) is 0 Å². The maximum atomic E-state index is 13.1. The van der Waals surface area contributed by atoms with E-state index in [2.05, 4.69) is 10.3 Å². The Morgan fingerprint density at radius 1 is 1.03 bits per heavy atom. The van der Waals surface area contributed by atoms with Crippen LogP contribution >= 0.6 is 0 Å². The van der Waals surface area contributed by atoms with Crippen molar-refractivity contribution in [3.05, 3.63) is 66.0 Å². The second-order valence-electron chi connectivity index (χ2n) is 8.75. The van der Waals surface area contributed by atoms with Gasteiger partial charge in [-0.05, 0) is 32.3 Å². The van der Waals surface area contributed by atoms with Gasteiger partial charge in [-0.15, -0.1) is 0 Å². The summed E-state index contributed by atoms with van der Waals surface area (Å²) in [5.74, 6) is -0.302. The quantitative estimate of drug-likeness (QED) is 0.370. The van der Waals surface area contributed by atoms with E-state index in [0.29, 0.717) is 41.1 Å². The Hall–Kier alpha value is -3.88. The molecule has 0 aliphatic carbocycles. The Labute approximate surface area is 196 Å². The van der Waals surface area contributed by atoms with Crippen molar-refractivity contribution in [2.24, 2.45) is 0 Å². The molecule has 0 spiro atoms. The van der Waals surface area contributed by atoms with Crippen LogP contribution in [0.1, 0.15) is 11.1 Å². The predicted molar refractivity (Wildman–Crippen MR) is 131 cm³/mol. The Morgan fingerprint density at radius 2 is 1.76 bits per heavy atom. The number of nitrogens with one attached hydrogen (secondary N) is 2. The Bertz CT molecular complexity index is 1460. The molecule has 174 valence electrons. The average molecular weight is 459 g/mol. The molecule has 3 heterocycles. The summed E-state index contributed by atoms with van der Waals surface area (Å²) in [6, 6.07) is 13.3. The van der Waals surface area contributed by atoms with Gasteiger partial charge in [-0.25, -0.2) is 0 Å². The number of hydrogen-bond donors (Lipinski definition) is 3. The lowest BCUT2D eigenvalue weighted by atomic mass is 9.95. The zero-order valence-electron chi connectivity index (χ0n) is 19.3. The van der Waals surface area contributed by atoms with Crippen molar-refractivity contribution in [2.45, 2.75) is 12.6 Å². The zero-order valence-corrected chi connectivity index (χ0v) is 19.3. The highest BCUT2D eigenvalue weighted by Gasteiger charge is 2.35. The molecule has 2 aromatic carbocycles. The first-order valence-corrected chi connectivity index (χ1v) is 11.0. The molecule has 2 aromatic heterocycles. The molecule has 34 heavy (non-hydrogen) atoms. The first kappa shape index (κ1) is 21.9. The van der Waals surface area contributed by atoms with Crippen molar-refractivity contribution < 1.29 is 19.4 Å². The Balaban J connectivity index is 1.76. The third-order valence-corrected chi connectivity index (χ3v) is 6.13. The summed E-state index contributed by atoms with van der Waals surface area (Å²) < 4.78 is 7.55. The van der Waals surface area contributed by atoms with Crippen molar-refractivity contribution in [1.82, 2.24) is 19.8 Å². The molecule has 0 radical (unpaired) electrons. The number of para-hydroxylation sites is 1. The standard InChI is InChI=1S/C26H26N4O4/c1-29(2)12-15(31)13-30-14-18(22-20(30)9-6-10-21(22)34-3)24-23(25(32)28-26(24)33)17-11-27-19-8-5-4-7-16(17)19/h4-11,14-15,27,31H,12-13H2,1-3H3,(H,28,32,33). The molecule has 1 unspecified atom stereocenters. The first-order chi connectivity index (χ1) is 16.4. The lowest BCUT2D eigenvalue weighted by molar-refractivity contribution is -0.122. The van der Waals surface area contributed by atoms with Gasteiger partial charge in [0.25, 0.3) is 11.8 Å². The molecule has 4 aromatic rings.